The topological polar surface area (TPSA) is 90.4 Å². The monoisotopic (exact) mass is 459 g/mol. The van der Waals surface area contributed by atoms with Crippen LogP contribution in [0.4, 0.5) is 13.2 Å². The second-order valence-corrected chi connectivity index (χ2v) is 10.9. The van der Waals surface area contributed by atoms with Crippen LogP contribution in [-0.4, -0.2) is 99.2 Å². The molecule has 3 rings (SSSR count). The molecule has 2 saturated heterocycles. The van der Waals surface area contributed by atoms with Crippen LogP contribution < -0.4 is 0 Å². The first-order valence-corrected chi connectivity index (χ1v) is 11.4. The van der Waals surface area contributed by atoms with Crippen LogP contribution in [0.15, 0.2) is 0 Å². The number of rotatable bonds is 6. The first-order valence-electron chi connectivity index (χ1n) is 10.0. The molecule has 1 unspecified atom stereocenters. The van der Waals surface area contributed by atoms with E-state index in [1.807, 2.05) is 0 Å². The fourth-order valence-corrected chi connectivity index (χ4v) is 5.11. The smallest absolute Gasteiger partial charge is 0.475 e. The molecule has 1 saturated carbocycles. The van der Waals surface area contributed by atoms with Gasteiger partial charge in [-0.15, -0.1) is 0 Å². The third kappa shape index (κ3) is 6.78. The Bertz CT molecular complexity index is 690. The van der Waals surface area contributed by atoms with Crippen LogP contribution in [-0.2, 0) is 19.7 Å². The maximum absolute atomic E-state index is 12.2. The Labute approximate surface area is 176 Å². The van der Waals surface area contributed by atoms with E-state index in [2.05, 4.69) is 11.9 Å². The molecule has 0 radical (unpaired) electrons. The van der Waals surface area contributed by atoms with E-state index in [1.54, 1.807) is 18.4 Å². The highest BCUT2D eigenvalue weighted by Gasteiger charge is 2.46. The quantitative estimate of drug-likeness (QED) is 0.650. The summed E-state index contributed by atoms with van der Waals surface area (Å²) in [5.74, 6) is -1.94. The zero-order valence-electron chi connectivity index (χ0n) is 17.7. The summed E-state index contributed by atoms with van der Waals surface area (Å²) < 4.78 is 65.1. The van der Waals surface area contributed by atoms with Crippen molar-refractivity contribution in [1.29, 1.82) is 0 Å². The molecule has 2 heterocycles. The highest BCUT2D eigenvalue weighted by atomic mass is 32.2. The Morgan fingerprint density at radius 3 is 2.17 bits per heavy atom. The maximum atomic E-state index is 12.2. The number of carboxylic acid groups (broad SMARTS) is 1. The number of likely N-dealkylation sites (tertiary alicyclic amines) is 1. The predicted molar refractivity (Wildman–Crippen MR) is 104 cm³/mol. The van der Waals surface area contributed by atoms with Crippen LogP contribution >= 0.6 is 0 Å². The lowest BCUT2D eigenvalue weighted by atomic mass is 9.77. The van der Waals surface area contributed by atoms with Gasteiger partial charge in [-0.25, -0.2) is 4.79 Å². The van der Waals surface area contributed by atoms with Crippen molar-refractivity contribution in [3.05, 3.63) is 0 Å². The van der Waals surface area contributed by atoms with E-state index in [1.165, 1.54) is 17.1 Å². The molecule has 1 N–H and O–H groups in total. The third-order valence-electron chi connectivity index (χ3n) is 6.05. The van der Waals surface area contributed by atoms with Gasteiger partial charge in [-0.05, 0) is 50.5 Å². The van der Waals surface area contributed by atoms with E-state index in [4.69, 9.17) is 14.6 Å². The van der Waals surface area contributed by atoms with Crippen molar-refractivity contribution in [2.24, 2.45) is 11.3 Å². The van der Waals surface area contributed by atoms with Crippen molar-refractivity contribution in [1.82, 2.24) is 13.5 Å². The first-order chi connectivity index (χ1) is 13.8. The molecule has 3 aliphatic rings. The zero-order valence-corrected chi connectivity index (χ0v) is 18.5. The fraction of sp³-hybridized carbons (Fsp3) is 0.944. The molecule has 0 amide bonds. The van der Waals surface area contributed by atoms with Crippen molar-refractivity contribution in [2.45, 2.75) is 44.3 Å². The van der Waals surface area contributed by atoms with Gasteiger partial charge in [0.1, 0.15) is 0 Å². The van der Waals surface area contributed by atoms with Crippen molar-refractivity contribution in [3.8, 4) is 0 Å². The number of ether oxygens (including phenoxy) is 1. The molecule has 1 aliphatic carbocycles. The summed E-state index contributed by atoms with van der Waals surface area (Å²) in [5, 5.41) is 7.12. The Morgan fingerprint density at radius 2 is 1.73 bits per heavy atom. The average Bonchev–Trinajstić information content (AvgIpc) is 3.40. The molecule has 0 aromatic rings. The lowest BCUT2D eigenvalue weighted by Crippen LogP contribution is -2.47. The standard InChI is InChI=1S/C16H31N3O3S.C2HF3O2/c1-17(2)23(20,21)19-8-6-16(7-9-19)10-15(18(3)13-16)12-22-11-14-4-5-14;3-2(4,5)1(6)7/h14-15H,4-13H2,1-3H3;(H,6,7). The van der Waals surface area contributed by atoms with Gasteiger partial charge in [0.15, 0.2) is 0 Å². The molecular weight excluding hydrogens is 427 g/mol. The summed E-state index contributed by atoms with van der Waals surface area (Å²) in [6, 6.07) is 0.491. The maximum Gasteiger partial charge on any atom is 0.490 e. The molecular formula is C18H32F3N3O5S. The van der Waals surface area contributed by atoms with E-state index in [-0.39, 0.29) is 5.41 Å². The number of hydrogen-bond acceptors (Lipinski definition) is 5. The van der Waals surface area contributed by atoms with Crippen LogP contribution in [0.5, 0.6) is 0 Å². The van der Waals surface area contributed by atoms with E-state index in [0.29, 0.717) is 19.1 Å². The van der Waals surface area contributed by atoms with Gasteiger partial charge in [0.25, 0.3) is 10.2 Å². The van der Waals surface area contributed by atoms with Gasteiger partial charge in [-0.2, -0.15) is 30.2 Å². The number of carboxylic acids is 1. The number of hydrogen-bond donors (Lipinski definition) is 1. The minimum absolute atomic E-state index is 0.278. The SMILES string of the molecule is CN1CC2(CCN(S(=O)(=O)N(C)C)CC2)CC1COCC1CC1.O=C(O)C(F)(F)F. The van der Waals surface area contributed by atoms with E-state index < -0.39 is 22.4 Å². The summed E-state index contributed by atoms with van der Waals surface area (Å²) in [4.78, 5) is 11.3. The van der Waals surface area contributed by atoms with E-state index >= 15 is 0 Å². The molecule has 0 bridgehead atoms. The van der Waals surface area contributed by atoms with Gasteiger partial charge in [-0.1, -0.05) is 0 Å². The average molecular weight is 460 g/mol. The highest BCUT2D eigenvalue weighted by Crippen LogP contribution is 2.43. The molecule has 3 fully saturated rings. The Morgan fingerprint density at radius 1 is 1.20 bits per heavy atom. The highest BCUT2D eigenvalue weighted by molar-refractivity contribution is 7.86. The lowest BCUT2D eigenvalue weighted by molar-refractivity contribution is -0.192. The zero-order chi connectivity index (χ0) is 22.7. The largest absolute Gasteiger partial charge is 0.490 e. The molecule has 1 spiro atoms. The van der Waals surface area contributed by atoms with Gasteiger partial charge in [0.2, 0.25) is 0 Å². The number of aliphatic carboxylic acids is 1. The van der Waals surface area contributed by atoms with Gasteiger partial charge in [0.05, 0.1) is 6.61 Å². The second kappa shape index (κ2) is 9.68. The summed E-state index contributed by atoms with van der Waals surface area (Å²) >= 11 is 0. The third-order valence-corrected chi connectivity index (χ3v) is 7.99. The summed E-state index contributed by atoms with van der Waals surface area (Å²) in [7, 11) is 2.14. The molecule has 176 valence electrons. The lowest BCUT2D eigenvalue weighted by Gasteiger charge is -2.39. The summed E-state index contributed by atoms with van der Waals surface area (Å²) in [6.07, 6.45) is 0.651. The first kappa shape index (κ1) is 25.3. The molecule has 12 heteroatoms. The normalized spacial score (nSPS) is 25.4. The summed E-state index contributed by atoms with van der Waals surface area (Å²) in [6.45, 7) is 4.11. The number of halogens is 3. The van der Waals surface area contributed by atoms with E-state index in [9.17, 15) is 21.6 Å². The number of carbonyl (C=O) groups is 1. The van der Waals surface area contributed by atoms with Crippen molar-refractivity contribution in [3.63, 3.8) is 0 Å². The van der Waals surface area contributed by atoms with Crippen LogP contribution in [0.25, 0.3) is 0 Å². The van der Waals surface area contributed by atoms with Crippen LogP contribution in [0.3, 0.4) is 0 Å². The fourth-order valence-electron chi connectivity index (χ4n) is 4.00. The Hall–Kier alpha value is -0.950. The number of nitrogens with zero attached hydrogens (tertiary/aromatic N) is 3. The minimum Gasteiger partial charge on any atom is -0.475 e. The Kier molecular flexibility index (Phi) is 8.17. The van der Waals surface area contributed by atoms with Crippen LogP contribution in [0.1, 0.15) is 32.1 Å². The van der Waals surface area contributed by atoms with Crippen molar-refractivity contribution in [2.75, 3.05) is 54.0 Å². The van der Waals surface area contributed by atoms with Crippen molar-refractivity contribution < 1.29 is 36.2 Å². The van der Waals surface area contributed by atoms with Gasteiger partial charge >= 0.3 is 12.1 Å². The van der Waals surface area contributed by atoms with Gasteiger partial charge < -0.3 is 14.7 Å². The minimum atomic E-state index is -5.08. The second-order valence-electron chi connectivity index (χ2n) is 8.75. The molecule has 2 aliphatic heterocycles. The van der Waals surface area contributed by atoms with E-state index in [0.717, 1.165) is 44.9 Å². The molecule has 0 aromatic carbocycles. The molecule has 1 atom stereocenters. The van der Waals surface area contributed by atoms with Gasteiger partial charge in [0, 0.05) is 46.4 Å². The Balaban J connectivity index is 0.000000396. The van der Waals surface area contributed by atoms with Crippen LogP contribution in [0, 0.1) is 11.3 Å². The van der Waals surface area contributed by atoms with Gasteiger partial charge in [-0.3, -0.25) is 0 Å². The predicted octanol–water partition coefficient (Wildman–Crippen LogP) is 1.64. The number of alkyl halides is 3. The molecule has 0 aromatic heterocycles. The number of piperidine rings is 1. The molecule has 30 heavy (non-hydrogen) atoms. The van der Waals surface area contributed by atoms with Crippen LogP contribution in [0.2, 0.25) is 0 Å². The van der Waals surface area contributed by atoms with Crippen molar-refractivity contribution >= 4 is 16.2 Å². The number of likely N-dealkylation sites (N-methyl/N-ethyl adjacent to an activating group) is 1. The summed E-state index contributed by atoms with van der Waals surface area (Å²) in [5.41, 5.74) is 0.278. The molecule has 8 nitrogen and oxygen atoms in total.